The summed E-state index contributed by atoms with van der Waals surface area (Å²) in [7, 11) is 3.40. The fourth-order valence-electron chi connectivity index (χ4n) is 2.52. The van der Waals surface area contributed by atoms with E-state index in [1.807, 2.05) is 65.5 Å². The molecule has 0 aliphatic heterocycles. The van der Waals surface area contributed by atoms with Gasteiger partial charge in [-0.15, -0.1) is 24.0 Å². The third-order valence-corrected chi connectivity index (χ3v) is 4.27. The number of methoxy groups -OCH3 is 1. The van der Waals surface area contributed by atoms with Gasteiger partial charge in [0, 0.05) is 24.8 Å². The molecule has 1 aromatic heterocycles. The zero-order valence-electron chi connectivity index (χ0n) is 15.7. The van der Waals surface area contributed by atoms with Crippen molar-refractivity contribution < 1.29 is 4.74 Å². The third-order valence-electron chi connectivity index (χ3n) is 4.02. The van der Waals surface area contributed by atoms with Crippen molar-refractivity contribution in [3.8, 4) is 11.4 Å². The first-order valence-corrected chi connectivity index (χ1v) is 8.93. The van der Waals surface area contributed by atoms with Gasteiger partial charge in [-0.25, -0.2) is 4.68 Å². The van der Waals surface area contributed by atoms with Gasteiger partial charge in [-0.2, -0.15) is 5.10 Å². The molecule has 28 heavy (non-hydrogen) atoms. The molecule has 0 amide bonds. The highest BCUT2D eigenvalue weighted by atomic mass is 127. The Labute approximate surface area is 187 Å². The van der Waals surface area contributed by atoms with E-state index in [0.29, 0.717) is 19.0 Å². The van der Waals surface area contributed by atoms with Crippen LogP contribution in [-0.4, -0.2) is 29.9 Å². The van der Waals surface area contributed by atoms with Crippen LogP contribution in [0.1, 0.15) is 11.3 Å². The van der Waals surface area contributed by atoms with Gasteiger partial charge in [-0.1, -0.05) is 23.7 Å². The summed E-state index contributed by atoms with van der Waals surface area (Å²) in [6, 6.07) is 17.5. The zero-order chi connectivity index (χ0) is 19.1. The fourth-order valence-corrected chi connectivity index (χ4v) is 2.64. The topological polar surface area (TPSA) is 63.5 Å². The van der Waals surface area contributed by atoms with Gasteiger partial charge >= 0.3 is 0 Å². The molecule has 0 bridgehead atoms. The van der Waals surface area contributed by atoms with Crippen LogP contribution in [0.15, 0.2) is 65.8 Å². The molecule has 3 rings (SSSR count). The van der Waals surface area contributed by atoms with Gasteiger partial charge in [0.15, 0.2) is 5.96 Å². The molecule has 0 spiro atoms. The smallest absolute Gasteiger partial charge is 0.191 e. The number of aromatic nitrogens is 2. The summed E-state index contributed by atoms with van der Waals surface area (Å²) in [4.78, 5) is 4.24. The maximum absolute atomic E-state index is 5.91. The molecule has 2 N–H and O–H groups in total. The van der Waals surface area contributed by atoms with E-state index in [9.17, 15) is 0 Å². The Morgan fingerprint density at radius 1 is 1.04 bits per heavy atom. The van der Waals surface area contributed by atoms with Crippen LogP contribution in [0.25, 0.3) is 5.69 Å². The number of nitrogens with zero attached hydrogens (tertiary/aromatic N) is 3. The molecule has 6 nitrogen and oxygen atoms in total. The van der Waals surface area contributed by atoms with Crippen LogP contribution in [0.4, 0.5) is 0 Å². The lowest BCUT2D eigenvalue weighted by molar-refractivity contribution is 0.414. The Bertz CT molecular complexity index is 894. The molecule has 0 saturated heterocycles. The summed E-state index contributed by atoms with van der Waals surface area (Å²) in [5, 5.41) is 11.9. The number of hydrogen-bond acceptors (Lipinski definition) is 3. The molecule has 0 atom stereocenters. The summed E-state index contributed by atoms with van der Waals surface area (Å²) in [5.41, 5.74) is 3.03. The number of halogens is 2. The van der Waals surface area contributed by atoms with Crippen molar-refractivity contribution in [2.45, 2.75) is 13.1 Å². The summed E-state index contributed by atoms with van der Waals surface area (Å²) in [6.07, 6.45) is 1.93. The molecular weight excluding hydrogens is 489 g/mol. The predicted octanol–water partition coefficient (Wildman–Crippen LogP) is 4.02. The Hall–Kier alpha value is -2.26. The minimum atomic E-state index is 0. The van der Waals surface area contributed by atoms with Crippen LogP contribution in [0.5, 0.6) is 5.75 Å². The highest BCUT2D eigenvalue weighted by molar-refractivity contribution is 14.0. The Balaban J connectivity index is 0.00000280. The van der Waals surface area contributed by atoms with Crippen LogP contribution in [0.2, 0.25) is 5.02 Å². The lowest BCUT2D eigenvalue weighted by Crippen LogP contribution is -2.36. The number of hydrogen-bond donors (Lipinski definition) is 2. The monoisotopic (exact) mass is 511 g/mol. The first-order chi connectivity index (χ1) is 13.2. The van der Waals surface area contributed by atoms with Gasteiger partial charge in [-0.3, -0.25) is 4.99 Å². The normalized spacial score (nSPS) is 10.9. The van der Waals surface area contributed by atoms with E-state index in [0.717, 1.165) is 27.7 Å². The van der Waals surface area contributed by atoms with Crippen molar-refractivity contribution in [1.82, 2.24) is 20.4 Å². The van der Waals surface area contributed by atoms with Crippen molar-refractivity contribution in [2.75, 3.05) is 14.2 Å². The minimum Gasteiger partial charge on any atom is -0.497 e. The SMILES string of the molecule is CN=C(NCc1ccc(Cl)cc1)NCc1ccn(-c2ccc(OC)cc2)n1.I. The van der Waals surface area contributed by atoms with Gasteiger partial charge in [0.1, 0.15) is 5.75 Å². The highest BCUT2D eigenvalue weighted by Crippen LogP contribution is 2.14. The molecule has 1 heterocycles. The van der Waals surface area contributed by atoms with E-state index in [1.165, 1.54) is 0 Å². The van der Waals surface area contributed by atoms with Gasteiger partial charge < -0.3 is 15.4 Å². The van der Waals surface area contributed by atoms with E-state index in [4.69, 9.17) is 16.3 Å². The van der Waals surface area contributed by atoms with Crippen molar-refractivity contribution in [3.63, 3.8) is 0 Å². The second kappa shape index (κ2) is 10.9. The van der Waals surface area contributed by atoms with Gasteiger partial charge in [-0.05, 0) is 48.0 Å². The van der Waals surface area contributed by atoms with Crippen LogP contribution in [-0.2, 0) is 13.1 Å². The first kappa shape index (κ1) is 22.0. The Morgan fingerprint density at radius 3 is 2.36 bits per heavy atom. The van der Waals surface area contributed by atoms with Crippen LogP contribution >= 0.6 is 35.6 Å². The maximum atomic E-state index is 5.91. The molecular formula is C20H23ClIN5O. The van der Waals surface area contributed by atoms with E-state index in [1.54, 1.807) is 14.2 Å². The van der Waals surface area contributed by atoms with Crippen LogP contribution in [0.3, 0.4) is 0 Å². The number of aliphatic imine (C=N–C) groups is 1. The Morgan fingerprint density at radius 2 is 1.71 bits per heavy atom. The summed E-state index contributed by atoms with van der Waals surface area (Å²) < 4.78 is 7.02. The summed E-state index contributed by atoms with van der Waals surface area (Å²) in [6.45, 7) is 1.24. The van der Waals surface area contributed by atoms with Crippen LogP contribution in [0, 0.1) is 0 Å². The largest absolute Gasteiger partial charge is 0.497 e. The van der Waals surface area contributed by atoms with Crippen molar-refractivity contribution in [2.24, 2.45) is 4.99 Å². The highest BCUT2D eigenvalue weighted by Gasteiger charge is 2.04. The average molecular weight is 512 g/mol. The summed E-state index contributed by atoms with van der Waals surface area (Å²) >= 11 is 5.91. The number of guanidine groups is 1. The van der Waals surface area contributed by atoms with Crippen molar-refractivity contribution in [3.05, 3.63) is 77.1 Å². The predicted molar refractivity (Wildman–Crippen MR) is 124 cm³/mol. The minimum absolute atomic E-state index is 0. The maximum Gasteiger partial charge on any atom is 0.191 e. The lowest BCUT2D eigenvalue weighted by Gasteiger charge is -2.11. The molecule has 0 fully saturated rings. The molecule has 8 heteroatoms. The molecule has 2 aromatic carbocycles. The second-order valence-electron chi connectivity index (χ2n) is 5.86. The van der Waals surface area contributed by atoms with Gasteiger partial charge in [0.05, 0.1) is 25.0 Å². The molecule has 148 valence electrons. The zero-order valence-corrected chi connectivity index (χ0v) is 18.8. The average Bonchev–Trinajstić information content (AvgIpc) is 3.18. The molecule has 0 unspecified atom stereocenters. The number of nitrogens with one attached hydrogen (secondary N) is 2. The number of benzene rings is 2. The fraction of sp³-hybridized carbons (Fsp3) is 0.200. The second-order valence-corrected chi connectivity index (χ2v) is 6.29. The van der Waals surface area contributed by atoms with E-state index < -0.39 is 0 Å². The van der Waals surface area contributed by atoms with Gasteiger partial charge in [0.2, 0.25) is 0 Å². The molecule has 0 saturated carbocycles. The van der Waals surface area contributed by atoms with Gasteiger partial charge in [0.25, 0.3) is 0 Å². The molecule has 0 aliphatic rings. The third kappa shape index (κ3) is 6.13. The molecule has 0 aliphatic carbocycles. The number of ether oxygens (including phenoxy) is 1. The molecule has 3 aromatic rings. The van der Waals surface area contributed by atoms with Crippen molar-refractivity contribution in [1.29, 1.82) is 0 Å². The standard InChI is InChI=1S/C20H22ClN5O.HI/c1-22-20(23-13-15-3-5-16(21)6-4-15)24-14-17-11-12-26(25-17)18-7-9-19(27-2)10-8-18;/h3-12H,13-14H2,1-2H3,(H2,22,23,24);1H. The molecule has 0 radical (unpaired) electrons. The Kier molecular flexibility index (Phi) is 8.59. The first-order valence-electron chi connectivity index (χ1n) is 8.56. The van der Waals surface area contributed by atoms with E-state index in [-0.39, 0.29) is 24.0 Å². The lowest BCUT2D eigenvalue weighted by atomic mass is 10.2. The van der Waals surface area contributed by atoms with Crippen molar-refractivity contribution >= 4 is 41.5 Å². The van der Waals surface area contributed by atoms with E-state index >= 15 is 0 Å². The van der Waals surface area contributed by atoms with E-state index in [2.05, 4.69) is 20.7 Å². The quantitative estimate of drug-likeness (QED) is 0.298. The van der Waals surface area contributed by atoms with Crippen LogP contribution < -0.4 is 15.4 Å². The number of rotatable bonds is 6. The summed E-state index contributed by atoms with van der Waals surface area (Å²) in [5.74, 6) is 1.53.